The largest absolute Gasteiger partial charge is 0.316 e. The van der Waals surface area contributed by atoms with Crippen LogP contribution in [0, 0.1) is 0 Å². The third kappa shape index (κ3) is 3.59. The summed E-state index contributed by atoms with van der Waals surface area (Å²) in [6.45, 7) is 2.16. The van der Waals surface area contributed by atoms with Crippen molar-refractivity contribution in [3.05, 3.63) is 29.3 Å². The minimum Gasteiger partial charge on any atom is -0.316 e. The normalized spacial score (nSPS) is 12.8. The molecule has 1 nitrogen and oxygen atoms in total. The summed E-state index contributed by atoms with van der Waals surface area (Å²) in [6, 6.07) is 8.46. The van der Waals surface area contributed by atoms with Crippen LogP contribution < -0.4 is 5.32 Å². The Hall–Kier alpha value is -0.180. The Morgan fingerprint density at radius 2 is 2.15 bits per heavy atom. The molecule has 0 aliphatic carbocycles. The lowest BCUT2D eigenvalue weighted by atomic mass is 10.4. The molecule has 1 rings (SSSR count). The van der Waals surface area contributed by atoms with E-state index in [1.807, 2.05) is 25.2 Å². The maximum Gasteiger partial charge on any atom is 0.0541 e. The Morgan fingerprint density at radius 1 is 1.46 bits per heavy atom. The monoisotopic (exact) mass is 215 g/mol. The highest BCUT2D eigenvalue weighted by Crippen LogP contribution is 2.26. The summed E-state index contributed by atoms with van der Waals surface area (Å²) in [5.74, 6) is 1.04. The lowest BCUT2D eigenvalue weighted by Gasteiger charge is -2.09. The van der Waals surface area contributed by atoms with Gasteiger partial charge in [-0.25, -0.2) is 0 Å². The third-order valence-corrected chi connectivity index (χ3v) is 3.59. The van der Waals surface area contributed by atoms with Crippen LogP contribution in [0.15, 0.2) is 29.2 Å². The molecule has 0 saturated carbocycles. The first-order chi connectivity index (χ1) is 6.24. The number of benzene rings is 1. The zero-order chi connectivity index (χ0) is 9.68. The van der Waals surface area contributed by atoms with Gasteiger partial charge in [0.1, 0.15) is 0 Å². The van der Waals surface area contributed by atoms with E-state index >= 15 is 0 Å². The molecule has 0 fully saturated rings. The maximum absolute atomic E-state index is 6.01. The highest BCUT2D eigenvalue weighted by molar-refractivity contribution is 7.99. The van der Waals surface area contributed by atoms with Gasteiger partial charge < -0.3 is 5.32 Å². The van der Waals surface area contributed by atoms with Crippen molar-refractivity contribution in [3.63, 3.8) is 0 Å². The molecule has 1 unspecified atom stereocenters. The average Bonchev–Trinajstić information content (AvgIpc) is 2.16. The molecule has 0 spiro atoms. The fourth-order valence-corrected chi connectivity index (χ4v) is 2.14. The summed E-state index contributed by atoms with van der Waals surface area (Å²) in [7, 11) is 1.97. The Balaban J connectivity index is 2.50. The predicted octanol–water partition coefficient (Wildman–Crippen LogP) is 3.04. The van der Waals surface area contributed by atoms with Crippen LogP contribution in [-0.2, 0) is 0 Å². The summed E-state index contributed by atoms with van der Waals surface area (Å²) in [5, 5.41) is 4.03. The minimum absolute atomic E-state index is 0.515. The molecule has 0 bridgehead atoms. The van der Waals surface area contributed by atoms with Crippen LogP contribution in [0.3, 0.4) is 0 Å². The van der Waals surface area contributed by atoms with E-state index in [0.717, 1.165) is 15.7 Å². The van der Waals surface area contributed by atoms with Gasteiger partial charge in [0.2, 0.25) is 0 Å². The lowest BCUT2D eigenvalue weighted by Crippen LogP contribution is -2.23. The SMILES string of the molecule is CNC(C)CSc1ccccc1Cl. The fraction of sp³-hybridized carbons (Fsp3) is 0.400. The molecule has 0 amide bonds. The zero-order valence-electron chi connectivity index (χ0n) is 7.88. The van der Waals surface area contributed by atoms with Gasteiger partial charge in [-0.1, -0.05) is 23.7 Å². The topological polar surface area (TPSA) is 12.0 Å². The van der Waals surface area contributed by atoms with E-state index < -0.39 is 0 Å². The molecule has 1 atom stereocenters. The van der Waals surface area contributed by atoms with Crippen molar-refractivity contribution in [1.29, 1.82) is 0 Å². The van der Waals surface area contributed by atoms with Crippen molar-refractivity contribution in [3.8, 4) is 0 Å². The molecule has 1 aromatic carbocycles. The Bertz CT molecular complexity index is 265. The van der Waals surface area contributed by atoms with E-state index in [2.05, 4.69) is 18.3 Å². The van der Waals surface area contributed by atoms with Crippen LogP contribution in [0.1, 0.15) is 6.92 Å². The zero-order valence-corrected chi connectivity index (χ0v) is 9.45. The quantitative estimate of drug-likeness (QED) is 0.775. The summed E-state index contributed by atoms with van der Waals surface area (Å²) in [5.41, 5.74) is 0. The van der Waals surface area contributed by atoms with Gasteiger partial charge in [-0.3, -0.25) is 0 Å². The molecule has 0 aliphatic heterocycles. The maximum atomic E-state index is 6.01. The van der Waals surface area contributed by atoms with Crippen LogP contribution in [0.2, 0.25) is 5.02 Å². The number of rotatable bonds is 4. The summed E-state index contributed by atoms with van der Waals surface area (Å²) in [6.07, 6.45) is 0. The predicted molar refractivity (Wildman–Crippen MR) is 60.7 cm³/mol. The van der Waals surface area contributed by atoms with Crippen LogP contribution in [0.5, 0.6) is 0 Å². The number of thioether (sulfide) groups is 1. The highest BCUT2D eigenvalue weighted by atomic mass is 35.5. The molecule has 0 aromatic heterocycles. The van der Waals surface area contributed by atoms with Gasteiger partial charge in [-0.05, 0) is 26.1 Å². The Labute approximate surface area is 88.9 Å². The van der Waals surface area contributed by atoms with E-state index in [1.165, 1.54) is 0 Å². The molecule has 0 saturated heterocycles. The van der Waals surface area contributed by atoms with E-state index in [0.29, 0.717) is 6.04 Å². The fourth-order valence-electron chi connectivity index (χ4n) is 0.860. The highest BCUT2D eigenvalue weighted by Gasteiger charge is 2.02. The molecule has 3 heteroatoms. The molecule has 1 aromatic rings. The van der Waals surface area contributed by atoms with Crippen LogP contribution in [0.4, 0.5) is 0 Å². The van der Waals surface area contributed by atoms with Crippen LogP contribution in [-0.4, -0.2) is 18.8 Å². The second-order valence-electron chi connectivity index (χ2n) is 2.93. The van der Waals surface area contributed by atoms with Gasteiger partial charge in [0.15, 0.2) is 0 Å². The second-order valence-corrected chi connectivity index (χ2v) is 4.40. The molecule has 0 radical (unpaired) electrons. The summed E-state index contributed by atoms with van der Waals surface area (Å²) >= 11 is 7.79. The van der Waals surface area contributed by atoms with Crippen molar-refractivity contribution < 1.29 is 0 Å². The van der Waals surface area contributed by atoms with Gasteiger partial charge in [-0.2, -0.15) is 0 Å². The van der Waals surface area contributed by atoms with E-state index in [1.54, 1.807) is 11.8 Å². The lowest BCUT2D eigenvalue weighted by molar-refractivity contribution is 0.677. The Kier molecular flexibility index (Phi) is 4.64. The third-order valence-electron chi connectivity index (χ3n) is 1.82. The van der Waals surface area contributed by atoms with Gasteiger partial charge in [0.05, 0.1) is 5.02 Å². The van der Waals surface area contributed by atoms with E-state index in [-0.39, 0.29) is 0 Å². The minimum atomic E-state index is 0.515. The molecule has 0 aliphatic rings. The van der Waals surface area contributed by atoms with Crippen LogP contribution >= 0.6 is 23.4 Å². The van der Waals surface area contributed by atoms with Gasteiger partial charge in [0.25, 0.3) is 0 Å². The number of hydrogen-bond donors (Lipinski definition) is 1. The number of nitrogens with one attached hydrogen (secondary N) is 1. The Morgan fingerprint density at radius 3 is 2.77 bits per heavy atom. The van der Waals surface area contributed by atoms with Crippen molar-refractivity contribution in [2.24, 2.45) is 0 Å². The van der Waals surface area contributed by atoms with Crippen molar-refractivity contribution in [2.45, 2.75) is 17.9 Å². The molecule has 0 heterocycles. The van der Waals surface area contributed by atoms with Crippen LogP contribution in [0.25, 0.3) is 0 Å². The number of halogens is 1. The number of hydrogen-bond acceptors (Lipinski definition) is 2. The smallest absolute Gasteiger partial charge is 0.0541 e. The van der Waals surface area contributed by atoms with Crippen molar-refractivity contribution >= 4 is 23.4 Å². The second kappa shape index (κ2) is 5.53. The van der Waals surface area contributed by atoms with Gasteiger partial charge >= 0.3 is 0 Å². The first-order valence-electron chi connectivity index (χ1n) is 4.28. The van der Waals surface area contributed by atoms with E-state index in [4.69, 9.17) is 11.6 Å². The van der Waals surface area contributed by atoms with Gasteiger partial charge in [0, 0.05) is 16.7 Å². The summed E-state index contributed by atoms with van der Waals surface area (Å²) < 4.78 is 0. The average molecular weight is 216 g/mol. The van der Waals surface area contributed by atoms with Crippen molar-refractivity contribution in [2.75, 3.05) is 12.8 Å². The molecular weight excluding hydrogens is 202 g/mol. The first kappa shape index (κ1) is 10.9. The summed E-state index contributed by atoms with van der Waals surface area (Å²) in [4.78, 5) is 1.16. The van der Waals surface area contributed by atoms with E-state index in [9.17, 15) is 0 Å². The van der Waals surface area contributed by atoms with Gasteiger partial charge in [-0.15, -0.1) is 11.8 Å². The van der Waals surface area contributed by atoms with Crippen molar-refractivity contribution in [1.82, 2.24) is 5.32 Å². The standard InChI is InChI=1S/C10H14ClNS/c1-8(12-2)7-13-10-6-4-3-5-9(10)11/h3-6,8,12H,7H2,1-2H3. The molecule has 72 valence electrons. The molecule has 13 heavy (non-hydrogen) atoms. The molecule has 1 N–H and O–H groups in total. The first-order valence-corrected chi connectivity index (χ1v) is 5.65. The molecular formula is C10H14ClNS.